The molecule has 18 heavy (non-hydrogen) atoms. The molecule has 1 aliphatic rings. The lowest BCUT2D eigenvalue weighted by Crippen LogP contribution is -2.42. The maximum atomic E-state index is 12.1. The highest BCUT2D eigenvalue weighted by Gasteiger charge is 2.29. The van der Waals surface area contributed by atoms with Crippen molar-refractivity contribution in [1.82, 2.24) is 9.80 Å². The van der Waals surface area contributed by atoms with Crippen LogP contribution in [0.3, 0.4) is 0 Å². The second kappa shape index (κ2) is 7.20. The first kappa shape index (κ1) is 14.8. The van der Waals surface area contributed by atoms with Gasteiger partial charge in [0.2, 0.25) is 0 Å². The minimum atomic E-state index is -0.804. The van der Waals surface area contributed by atoms with Crippen molar-refractivity contribution >= 4 is 12.0 Å². The van der Waals surface area contributed by atoms with E-state index >= 15 is 0 Å². The molecular formula is C12H22N2O4. The maximum Gasteiger partial charge on any atom is 0.319 e. The van der Waals surface area contributed by atoms with E-state index in [9.17, 15) is 9.59 Å². The van der Waals surface area contributed by atoms with Gasteiger partial charge in [-0.05, 0) is 25.7 Å². The Morgan fingerprint density at radius 3 is 2.72 bits per heavy atom. The van der Waals surface area contributed by atoms with Crippen molar-refractivity contribution in [2.24, 2.45) is 5.92 Å². The summed E-state index contributed by atoms with van der Waals surface area (Å²) in [6.45, 7) is 4.30. The summed E-state index contributed by atoms with van der Waals surface area (Å²) < 4.78 is 0. The molecule has 1 unspecified atom stereocenters. The van der Waals surface area contributed by atoms with Gasteiger partial charge >= 0.3 is 12.0 Å². The third-order valence-corrected chi connectivity index (χ3v) is 3.26. The number of carbonyl (C=O) groups is 2. The fourth-order valence-corrected chi connectivity index (χ4v) is 2.27. The Hall–Kier alpha value is -1.30. The standard InChI is InChI=1S/C12H22N2O4/c1-2-13(5-3-7-15)12(18)14-6-4-10(9-14)8-11(16)17/h10,15H,2-9H2,1H3,(H,16,17). The lowest BCUT2D eigenvalue weighted by molar-refractivity contribution is -0.138. The number of carboxylic acid groups (broad SMARTS) is 1. The van der Waals surface area contributed by atoms with Crippen LogP contribution in [0.5, 0.6) is 0 Å². The number of likely N-dealkylation sites (tertiary alicyclic amines) is 1. The molecule has 0 aromatic rings. The van der Waals surface area contributed by atoms with Crippen molar-refractivity contribution in [3.63, 3.8) is 0 Å². The minimum Gasteiger partial charge on any atom is -0.481 e. The zero-order chi connectivity index (χ0) is 13.5. The van der Waals surface area contributed by atoms with Crippen LogP contribution in [0.15, 0.2) is 0 Å². The molecule has 6 heteroatoms. The second-order valence-corrected chi connectivity index (χ2v) is 4.64. The third kappa shape index (κ3) is 4.18. The van der Waals surface area contributed by atoms with E-state index in [1.165, 1.54) is 0 Å². The van der Waals surface area contributed by atoms with Crippen LogP contribution in [-0.4, -0.2) is 64.8 Å². The maximum absolute atomic E-state index is 12.1. The van der Waals surface area contributed by atoms with Crippen LogP contribution in [0.4, 0.5) is 4.79 Å². The monoisotopic (exact) mass is 258 g/mol. The van der Waals surface area contributed by atoms with Crippen molar-refractivity contribution in [3.05, 3.63) is 0 Å². The first-order valence-corrected chi connectivity index (χ1v) is 6.45. The molecule has 1 saturated heterocycles. The molecule has 1 rings (SSSR count). The molecule has 0 aromatic carbocycles. The van der Waals surface area contributed by atoms with Gasteiger partial charge in [-0.1, -0.05) is 0 Å². The van der Waals surface area contributed by atoms with Crippen LogP contribution in [0.1, 0.15) is 26.2 Å². The zero-order valence-electron chi connectivity index (χ0n) is 10.8. The van der Waals surface area contributed by atoms with Gasteiger partial charge in [0.15, 0.2) is 0 Å². The van der Waals surface area contributed by atoms with Crippen LogP contribution in [0.25, 0.3) is 0 Å². The molecule has 1 aliphatic heterocycles. The second-order valence-electron chi connectivity index (χ2n) is 4.64. The van der Waals surface area contributed by atoms with Crippen LogP contribution < -0.4 is 0 Å². The van der Waals surface area contributed by atoms with E-state index in [0.717, 1.165) is 6.42 Å². The van der Waals surface area contributed by atoms with E-state index in [2.05, 4.69) is 0 Å². The predicted molar refractivity (Wildman–Crippen MR) is 66.3 cm³/mol. The lowest BCUT2D eigenvalue weighted by atomic mass is 10.1. The molecule has 1 fully saturated rings. The Morgan fingerprint density at radius 1 is 1.44 bits per heavy atom. The highest BCUT2D eigenvalue weighted by atomic mass is 16.4. The summed E-state index contributed by atoms with van der Waals surface area (Å²) in [6.07, 6.45) is 1.47. The smallest absolute Gasteiger partial charge is 0.319 e. The minimum absolute atomic E-state index is 0.0427. The van der Waals surface area contributed by atoms with Crippen molar-refractivity contribution in [2.75, 3.05) is 32.8 Å². The zero-order valence-corrected chi connectivity index (χ0v) is 10.8. The van der Waals surface area contributed by atoms with Crippen LogP contribution >= 0.6 is 0 Å². The molecule has 0 bridgehead atoms. The number of amides is 2. The van der Waals surface area contributed by atoms with Gasteiger partial charge in [-0.2, -0.15) is 0 Å². The van der Waals surface area contributed by atoms with Crippen LogP contribution in [-0.2, 0) is 4.79 Å². The molecule has 2 amide bonds. The number of hydrogen-bond donors (Lipinski definition) is 2. The van der Waals surface area contributed by atoms with Crippen molar-refractivity contribution in [3.8, 4) is 0 Å². The van der Waals surface area contributed by atoms with Gasteiger partial charge in [0.25, 0.3) is 0 Å². The third-order valence-electron chi connectivity index (χ3n) is 3.26. The van der Waals surface area contributed by atoms with Crippen LogP contribution in [0.2, 0.25) is 0 Å². The number of carboxylic acids is 1. The fraction of sp³-hybridized carbons (Fsp3) is 0.833. The summed E-state index contributed by atoms with van der Waals surface area (Å²) in [5.41, 5.74) is 0. The van der Waals surface area contributed by atoms with Gasteiger partial charge in [-0.25, -0.2) is 4.79 Å². The number of aliphatic hydroxyl groups is 1. The van der Waals surface area contributed by atoms with Gasteiger partial charge in [0.05, 0.1) is 0 Å². The quantitative estimate of drug-likeness (QED) is 0.731. The number of aliphatic carboxylic acids is 1. The van der Waals surface area contributed by atoms with Gasteiger partial charge in [0, 0.05) is 39.2 Å². The SMILES string of the molecule is CCN(CCCO)C(=O)N1CCC(CC(=O)O)C1. The Balaban J connectivity index is 2.44. The fourth-order valence-electron chi connectivity index (χ4n) is 2.27. The van der Waals surface area contributed by atoms with Gasteiger partial charge in [0.1, 0.15) is 0 Å². The summed E-state index contributed by atoms with van der Waals surface area (Å²) in [5.74, 6) is -0.732. The Labute approximate surface area is 107 Å². The number of urea groups is 1. The predicted octanol–water partition coefficient (Wildman–Crippen LogP) is 0.607. The highest BCUT2D eigenvalue weighted by molar-refractivity contribution is 5.75. The first-order valence-electron chi connectivity index (χ1n) is 6.45. The van der Waals surface area contributed by atoms with Gasteiger partial charge in [-0.15, -0.1) is 0 Å². The van der Waals surface area contributed by atoms with E-state index in [0.29, 0.717) is 32.6 Å². The topological polar surface area (TPSA) is 81.1 Å². The molecular weight excluding hydrogens is 236 g/mol. The molecule has 0 aromatic heterocycles. The van der Waals surface area contributed by atoms with E-state index < -0.39 is 5.97 Å². The molecule has 0 spiro atoms. The van der Waals surface area contributed by atoms with Gasteiger partial charge < -0.3 is 20.0 Å². The molecule has 104 valence electrons. The number of hydrogen-bond acceptors (Lipinski definition) is 3. The first-order chi connectivity index (χ1) is 8.58. The van der Waals surface area contributed by atoms with Crippen LogP contribution in [0, 0.1) is 5.92 Å². The number of aliphatic hydroxyl groups excluding tert-OH is 1. The molecule has 1 atom stereocenters. The molecule has 0 saturated carbocycles. The molecule has 0 aliphatic carbocycles. The largest absolute Gasteiger partial charge is 0.481 e. The van der Waals surface area contributed by atoms with Crippen molar-refractivity contribution < 1.29 is 19.8 Å². The van der Waals surface area contributed by atoms with E-state index in [4.69, 9.17) is 10.2 Å². The van der Waals surface area contributed by atoms with E-state index in [-0.39, 0.29) is 25.0 Å². The van der Waals surface area contributed by atoms with Gasteiger partial charge in [-0.3, -0.25) is 4.79 Å². The Kier molecular flexibility index (Phi) is 5.91. The number of nitrogens with zero attached hydrogens (tertiary/aromatic N) is 2. The normalized spacial score (nSPS) is 19.0. The molecule has 1 heterocycles. The lowest BCUT2D eigenvalue weighted by Gasteiger charge is -2.27. The summed E-state index contributed by atoms with van der Waals surface area (Å²) in [6, 6.07) is -0.0427. The summed E-state index contributed by atoms with van der Waals surface area (Å²) in [4.78, 5) is 26.2. The molecule has 2 N–H and O–H groups in total. The average molecular weight is 258 g/mol. The average Bonchev–Trinajstić information content (AvgIpc) is 2.77. The number of rotatable bonds is 6. The highest BCUT2D eigenvalue weighted by Crippen LogP contribution is 2.20. The van der Waals surface area contributed by atoms with Crippen molar-refractivity contribution in [2.45, 2.75) is 26.2 Å². The van der Waals surface area contributed by atoms with E-state index in [1.54, 1.807) is 9.80 Å². The van der Waals surface area contributed by atoms with E-state index in [1.807, 2.05) is 6.92 Å². The van der Waals surface area contributed by atoms with Crippen molar-refractivity contribution in [1.29, 1.82) is 0 Å². The molecule has 6 nitrogen and oxygen atoms in total. The summed E-state index contributed by atoms with van der Waals surface area (Å²) >= 11 is 0. The Morgan fingerprint density at radius 2 is 2.17 bits per heavy atom. The Bertz CT molecular complexity index is 296. The molecule has 0 radical (unpaired) electrons. The summed E-state index contributed by atoms with van der Waals surface area (Å²) in [5, 5.41) is 17.5. The number of carbonyl (C=O) groups excluding carboxylic acids is 1. The summed E-state index contributed by atoms with van der Waals surface area (Å²) in [7, 11) is 0.